The summed E-state index contributed by atoms with van der Waals surface area (Å²) in [6, 6.07) is 19.0. The van der Waals surface area contributed by atoms with Gasteiger partial charge in [0.25, 0.3) is 5.91 Å². The predicted octanol–water partition coefficient (Wildman–Crippen LogP) is 4.20. The van der Waals surface area contributed by atoms with E-state index in [-0.39, 0.29) is 29.8 Å². The Labute approximate surface area is 194 Å². The summed E-state index contributed by atoms with van der Waals surface area (Å²) in [6.45, 7) is 5.47. The average Bonchev–Trinajstić information content (AvgIpc) is 3.32. The molecule has 0 unspecified atom stereocenters. The fourth-order valence-corrected chi connectivity index (χ4v) is 3.48. The molecule has 1 heterocycles. The lowest BCUT2D eigenvalue weighted by molar-refractivity contribution is -0.121. The van der Waals surface area contributed by atoms with Crippen LogP contribution in [0.1, 0.15) is 36.3 Å². The van der Waals surface area contributed by atoms with Crippen LogP contribution in [0, 0.1) is 5.92 Å². The molecule has 174 valence electrons. The smallest absolute Gasteiger partial charge is 0.276 e. The van der Waals surface area contributed by atoms with Crippen molar-refractivity contribution in [2.75, 3.05) is 26.7 Å². The number of amides is 2. The monoisotopic (exact) mass is 449 g/mol. The van der Waals surface area contributed by atoms with Gasteiger partial charge in [0.1, 0.15) is 5.75 Å². The van der Waals surface area contributed by atoms with Gasteiger partial charge in [-0.05, 0) is 30.0 Å². The first-order valence-corrected chi connectivity index (χ1v) is 11.2. The fourth-order valence-electron chi connectivity index (χ4n) is 3.48. The van der Waals surface area contributed by atoms with Crippen LogP contribution >= 0.6 is 0 Å². The highest BCUT2D eigenvalue weighted by atomic mass is 16.5. The number of nitrogens with one attached hydrogen (secondary N) is 1. The molecule has 2 amide bonds. The lowest BCUT2D eigenvalue weighted by atomic mass is 10.1. The molecule has 3 aromatic rings. The van der Waals surface area contributed by atoms with Gasteiger partial charge in [0.2, 0.25) is 5.91 Å². The fraction of sp³-hybridized carbons (Fsp3) is 0.346. The van der Waals surface area contributed by atoms with Crippen LogP contribution in [-0.2, 0) is 11.2 Å². The Kier molecular flexibility index (Phi) is 8.63. The van der Waals surface area contributed by atoms with E-state index in [1.54, 1.807) is 18.1 Å². The summed E-state index contributed by atoms with van der Waals surface area (Å²) >= 11 is 0. The van der Waals surface area contributed by atoms with Crippen LogP contribution < -0.4 is 10.1 Å². The van der Waals surface area contributed by atoms with Crippen LogP contribution in [-0.4, -0.2) is 48.6 Å². The van der Waals surface area contributed by atoms with Crippen molar-refractivity contribution in [3.05, 3.63) is 71.9 Å². The minimum atomic E-state index is -0.251. The summed E-state index contributed by atoms with van der Waals surface area (Å²) in [6.07, 6.45) is 1.00. The lowest BCUT2D eigenvalue weighted by Crippen LogP contribution is -2.38. The van der Waals surface area contributed by atoms with Crippen molar-refractivity contribution in [3.63, 3.8) is 0 Å². The number of rotatable bonds is 11. The zero-order valence-electron chi connectivity index (χ0n) is 19.4. The van der Waals surface area contributed by atoms with E-state index in [0.717, 1.165) is 12.0 Å². The third-order valence-electron chi connectivity index (χ3n) is 5.14. The van der Waals surface area contributed by atoms with Gasteiger partial charge in [-0.1, -0.05) is 61.5 Å². The SMILES string of the molecule is COc1cccc(-c2cc(C(=O)N(CCC(=O)NCCc3ccccc3)CC(C)C)no2)c1. The van der Waals surface area contributed by atoms with Gasteiger partial charge in [-0.3, -0.25) is 9.59 Å². The molecule has 2 aromatic carbocycles. The third-order valence-corrected chi connectivity index (χ3v) is 5.14. The van der Waals surface area contributed by atoms with Gasteiger partial charge in [0.05, 0.1) is 7.11 Å². The van der Waals surface area contributed by atoms with Crippen LogP contribution in [0.4, 0.5) is 0 Å². The van der Waals surface area contributed by atoms with E-state index in [0.29, 0.717) is 31.1 Å². The van der Waals surface area contributed by atoms with E-state index in [1.165, 1.54) is 5.56 Å². The summed E-state index contributed by atoms with van der Waals surface area (Å²) in [5.41, 5.74) is 2.17. The molecule has 1 aromatic heterocycles. The molecule has 0 aliphatic rings. The quantitative estimate of drug-likeness (QED) is 0.474. The van der Waals surface area contributed by atoms with Crippen molar-refractivity contribution in [2.24, 2.45) is 5.92 Å². The Bertz CT molecular complexity index is 1050. The maximum atomic E-state index is 13.1. The topological polar surface area (TPSA) is 84.7 Å². The maximum Gasteiger partial charge on any atom is 0.276 e. The molecule has 0 aliphatic heterocycles. The minimum absolute atomic E-state index is 0.0790. The van der Waals surface area contributed by atoms with Gasteiger partial charge < -0.3 is 19.5 Å². The van der Waals surface area contributed by atoms with Crippen molar-refractivity contribution < 1.29 is 18.8 Å². The average molecular weight is 450 g/mol. The number of hydrogen-bond acceptors (Lipinski definition) is 5. The standard InChI is InChI=1S/C26H31N3O4/c1-19(2)18-29(15-13-25(30)27-14-12-20-8-5-4-6-9-20)26(31)23-17-24(33-28-23)21-10-7-11-22(16-21)32-3/h4-11,16-17,19H,12-15,18H2,1-3H3,(H,27,30). The molecule has 7 nitrogen and oxygen atoms in total. The van der Waals surface area contributed by atoms with Crippen molar-refractivity contribution in [1.82, 2.24) is 15.4 Å². The molecule has 0 spiro atoms. The molecule has 0 bridgehead atoms. The molecule has 0 fully saturated rings. The largest absolute Gasteiger partial charge is 0.497 e. The Morgan fingerprint density at radius 2 is 1.88 bits per heavy atom. The Morgan fingerprint density at radius 3 is 2.61 bits per heavy atom. The van der Waals surface area contributed by atoms with E-state index in [2.05, 4.69) is 10.5 Å². The van der Waals surface area contributed by atoms with Crippen LogP contribution in [0.5, 0.6) is 5.75 Å². The van der Waals surface area contributed by atoms with Gasteiger partial charge >= 0.3 is 0 Å². The first kappa shape index (κ1) is 24.0. The van der Waals surface area contributed by atoms with Gasteiger partial charge in [0.15, 0.2) is 11.5 Å². The summed E-state index contributed by atoms with van der Waals surface area (Å²) in [4.78, 5) is 27.1. The normalized spacial score (nSPS) is 10.8. The molecular formula is C26H31N3O4. The van der Waals surface area contributed by atoms with Crippen molar-refractivity contribution >= 4 is 11.8 Å². The highest BCUT2D eigenvalue weighted by Crippen LogP contribution is 2.25. The first-order valence-electron chi connectivity index (χ1n) is 11.2. The van der Waals surface area contributed by atoms with Crippen molar-refractivity contribution in [1.29, 1.82) is 0 Å². The number of carbonyl (C=O) groups excluding carboxylic acids is 2. The van der Waals surface area contributed by atoms with Gasteiger partial charge in [0, 0.05) is 37.7 Å². The molecule has 3 rings (SSSR count). The van der Waals surface area contributed by atoms with E-state index in [1.807, 2.05) is 68.4 Å². The van der Waals surface area contributed by atoms with Crippen LogP contribution in [0.2, 0.25) is 0 Å². The van der Waals surface area contributed by atoms with Crippen molar-refractivity contribution in [3.8, 4) is 17.1 Å². The number of ether oxygens (including phenoxy) is 1. The maximum absolute atomic E-state index is 13.1. The Balaban J connectivity index is 1.58. The summed E-state index contributed by atoms with van der Waals surface area (Å²) in [5, 5.41) is 6.91. The van der Waals surface area contributed by atoms with Gasteiger partial charge in [-0.15, -0.1) is 0 Å². The molecule has 1 N–H and O–H groups in total. The van der Waals surface area contributed by atoms with Crippen molar-refractivity contribution in [2.45, 2.75) is 26.7 Å². The predicted molar refractivity (Wildman–Crippen MR) is 127 cm³/mol. The molecule has 0 saturated heterocycles. The summed E-state index contributed by atoms with van der Waals surface area (Å²) < 4.78 is 10.7. The van der Waals surface area contributed by atoms with Gasteiger partial charge in [-0.25, -0.2) is 0 Å². The number of benzene rings is 2. The number of carbonyl (C=O) groups is 2. The second kappa shape index (κ2) is 11.9. The highest BCUT2D eigenvalue weighted by Gasteiger charge is 2.22. The summed E-state index contributed by atoms with van der Waals surface area (Å²) in [7, 11) is 1.59. The molecule has 0 radical (unpaired) electrons. The lowest BCUT2D eigenvalue weighted by Gasteiger charge is -2.23. The number of aromatic nitrogens is 1. The Hall–Kier alpha value is -3.61. The van der Waals surface area contributed by atoms with E-state index in [4.69, 9.17) is 9.26 Å². The van der Waals surface area contributed by atoms with E-state index in [9.17, 15) is 9.59 Å². The second-order valence-electron chi connectivity index (χ2n) is 8.29. The van der Waals surface area contributed by atoms with Crippen LogP contribution in [0.25, 0.3) is 11.3 Å². The van der Waals surface area contributed by atoms with Crippen LogP contribution in [0.15, 0.2) is 65.2 Å². The number of methoxy groups -OCH3 is 1. The molecule has 33 heavy (non-hydrogen) atoms. The molecule has 0 atom stereocenters. The zero-order valence-corrected chi connectivity index (χ0v) is 19.4. The molecule has 0 aliphatic carbocycles. The highest BCUT2D eigenvalue weighted by molar-refractivity contribution is 5.93. The minimum Gasteiger partial charge on any atom is -0.497 e. The third kappa shape index (κ3) is 7.20. The van der Waals surface area contributed by atoms with Gasteiger partial charge in [-0.2, -0.15) is 0 Å². The molecular weight excluding hydrogens is 418 g/mol. The molecule has 7 heteroatoms. The number of hydrogen-bond donors (Lipinski definition) is 1. The first-order chi connectivity index (χ1) is 16.0. The molecule has 0 saturated carbocycles. The number of nitrogens with zero attached hydrogens (tertiary/aromatic N) is 2. The van der Waals surface area contributed by atoms with Crippen LogP contribution in [0.3, 0.4) is 0 Å². The van der Waals surface area contributed by atoms with E-state index < -0.39 is 0 Å². The summed E-state index contributed by atoms with van der Waals surface area (Å²) in [5.74, 6) is 1.10. The Morgan fingerprint density at radius 1 is 1.09 bits per heavy atom. The second-order valence-corrected chi connectivity index (χ2v) is 8.29. The van der Waals surface area contributed by atoms with E-state index >= 15 is 0 Å². The zero-order chi connectivity index (χ0) is 23.6.